The van der Waals surface area contributed by atoms with E-state index in [0.29, 0.717) is 19.3 Å². The summed E-state index contributed by atoms with van der Waals surface area (Å²) in [6.45, 7) is 3.10. The van der Waals surface area contributed by atoms with Gasteiger partial charge in [0.1, 0.15) is 43.2 Å². The topological polar surface area (TPSA) is 210 Å². The van der Waals surface area contributed by atoms with E-state index in [9.17, 15) is 44.6 Å². The molecule has 14 heteroatoms. The van der Waals surface area contributed by atoms with Crippen molar-refractivity contribution in [1.82, 2.24) is 0 Å². The standard InChI is InChI=1S/C47H79O13P/c1-3-5-7-9-11-13-15-17-19-20-22-23-25-27-29-31-33-35-40(48)57-37-39(38-58-61(55,56)60-47-45(53)43(51)42(50)44(52)46(47)54)59-41(49)36-34-32-30-28-26-24-21-18-16-14-12-10-8-6-4-2/h6,8,11-14,17-19,21,26,28,39,42-47,50-54H,3-5,7,9-10,15-16,20,22-25,27,29-38H2,1-2H3,(H,55,56)/b8-6-,13-11-,14-12-,19-17-,21-18-,28-26-/t39-,42?,43-,44?,45?,46?,47?/m1/s1. The first-order valence-electron chi connectivity index (χ1n) is 22.7. The highest BCUT2D eigenvalue weighted by molar-refractivity contribution is 7.47. The van der Waals surface area contributed by atoms with Crippen LogP contribution in [0.5, 0.6) is 0 Å². The molecule has 61 heavy (non-hydrogen) atoms. The lowest BCUT2D eigenvalue weighted by Crippen LogP contribution is -2.64. The minimum Gasteiger partial charge on any atom is -0.462 e. The summed E-state index contributed by atoms with van der Waals surface area (Å²) in [6, 6.07) is 0. The summed E-state index contributed by atoms with van der Waals surface area (Å²) in [5.41, 5.74) is 0. The van der Waals surface area contributed by atoms with E-state index in [-0.39, 0.29) is 12.8 Å². The van der Waals surface area contributed by atoms with Gasteiger partial charge in [-0.2, -0.15) is 0 Å². The smallest absolute Gasteiger partial charge is 0.462 e. The second-order valence-electron chi connectivity index (χ2n) is 15.5. The van der Waals surface area contributed by atoms with Gasteiger partial charge >= 0.3 is 19.8 Å². The van der Waals surface area contributed by atoms with Crippen LogP contribution in [0.25, 0.3) is 0 Å². The van der Waals surface area contributed by atoms with E-state index in [0.717, 1.165) is 89.9 Å². The first-order valence-corrected chi connectivity index (χ1v) is 24.2. The van der Waals surface area contributed by atoms with Gasteiger partial charge in [-0.15, -0.1) is 0 Å². The summed E-state index contributed by atoms with van der Waals surface area (Å²) in [6.07, 6.45) is 32.4. The molecule has 6 unspecified atom stereocenters. The lowest BCUT2D eigenvalue weighted by atomic mass is 9.85. The second kappa shape index (κ2) is 36.7. The van der Waals surface area contributed by atoms with Crippen LogP contribution in [0.15, 0.2) is 72.9 Å². The highest BCUT2D eigenvalue weighted by atomic mass is 31.2. The fraction of sp³-hybridized carbons (Fsp3) is 0.702. The molecule has 0 aromatic carbocycles. The molecular weight excluding hydrogens is 803 g/mol. The zero-order chi connectivity index (χ0) is 45.0. The molecule has 0 spiro atoms. The normalized spacial score (nSPS) is 22.7. The summed E-state index contributed by atoms with van der Waals surface area (Å²) < 4.78 is 33.5. The number of carbonyl (C=O) groups excluding carboxylic acids is 2. The molecule has 1 aliphatic carbocycles. The fourth-order valence-electron chi connectivity index (χ4n) is 6.37. The molecule has 13 nitrogen and oxygen atoms in total. The van der Waals surface area contributed by atoms with Crippen molar-refractivity contribution < 1.29 is 63.1 Å². The van der Waals surface area contributed by atoms with Crippen LogP contribution in [-0.4, -0.2) is 98.3 Å². The van der Waals surface area contributed by atoms with E-state index >= 15 is 0 Å². The lowest BCUT2D eigenvalue weighted by Gasteiger charge is -2.41. The van der Waals surface area contributed by atoms with Crippen LogP contribution in [0.2, 0.25) is 0 Å². The van der Waals surface area contributed by atoms with Crippen molar-refractivity contribution in [2.45, 2.75) is 198 Å². The minimum absolute atomic E-state index is 0.0391. The van der Waals surface area contributed by atoms with E-state index in [1.165, 1.54) is 19.3 Å². The third-order valence-corrected chi connectivity index (χ3v) is 11.0. The van der Waals surface area contributed by atoms with Crippen LogP contribution in [0.4, 0.5) is 0 Å². The van der Waals surface area contributed by atoms with E-state index in [1.807, 2.05) is 6.08 Å². The number of hydrogen-bond acceptors (Lipinski definition) is 12. The maximum Gasteiger partial charge on any atom is 0.472 e. The van der Waals surface area contributed by atoms with Crippen LogP contribution in [0.3, 0.4) is 0 Å². The molecule has 1 aliphatic rings. The fourth-order valence-corrected chi connectivity index (χ4v) is 7.34. The van der Waals surface area contributed by atoms with Gasteiger partial charge in [0.25, 0.3) is 0 Å². The van der Waals surface area contributed by atoms with E-state index in [4.69, 9.17) is 18.5 Å². The van der Waals surface area contributed by atoms with Gasteiger partial charge in [-0.25, -0.2) is 4.57 Å². The van der Waals surface area contributed by atoms with Gasteiger partial charge < -0.3 is 39.9 Å². The lowest BCUT2D eigenvalue weighted by molar-refractivity contribution is -0.220. The molecule has 0 amide bonds. The van der Waals surface area contributed by atoms with Crippen LogP contribution in [0, 0.1) is 0 Å². The molecule has 6 N–H and O–H groups in total. The molecule has 8 atom stereocenters. The molecule has 1 saturated carbocycles. The van der Waals surface area contributed by atoms with Crippen molar-refractivity contribution in [3.05, 3.63) is 72.9 Å². The Balaban J connectivity index is 2.50. The number of carbonyl (C=O) groups is 2. The molecule has 1 fully saturated rings. The number of ether oxygens (including phenoxy) is 2. The summed E-state index contributed by atoms with van der Waals surface area (Å²) >= 11 is 0. The molecule has 0 saturated heterocycles. The molecule has 0 aromatic heterocycles. The number of allylic oxidation sites excluding steroid dienone is 12. The van der Waals surface area contributed by atoms with Crippen molar-refractivity contribution >= 4 is 19.8 Å². The Kier molecular flexibility index (Phi) is 33.9. The Bertz CT molecular complexity index is 1340. The van der Waals surface area contributed by atoms with Crippen molar-refractivity contribution in [2.75, 3.05) is 13.2 Å². The van der Waals surface area contributed by atoms with Gasteiger partial charge in [-0.1, -0.05) is 132 Å². The molecule has 0 heterocycles. The number of aliphatic hydroxyl groups is 5. The summed E-state index contributed by atoms with van der Waals surface area (Å²) in [4.78, 5) is 35.7. The first kappa shape index (κ1) is 56.3. The van der Waals surface area contributed by atoms with Crippen LogP contribution >= 0.6 is 7.82 Å². The third-order valence-electron chi connectivity index (χ3n) is 10.0. The Morgan fingerprint density at radius 3 is 1.46 bits per heavy atom. The molecule has 0 aromatic rings. The molecule has 0 bridgehead atoms. The number of phosphoric ester groups is 1. The number of aliphatic hydroxyl groups excluding tert-OH is 5. The average Bonchev–Trinajstić information content (AvgIpc) is 3.24. The monoisotopic (exact) mass is 883 g/mol. The summed E-state index contributed by atoms with van der Waals surface area (Å²) in [7, 11) is -5.13. The zero-order valence-electron chi connectivity index (χ0n) is 36.9. The molecular formula is C47H79O13P. The third kappa shape index (κ3) is 29.3. The van der Waals surface area contributed by atoms with Gasteiger partial charge in [0, 0.05) is 12.8 Å². The second-order valence-corrected chi connectivity index (χ2v) is 16.9. The maximum absolute atomic E-state index is 12.8. The number of rotatable bonds is 36. The van der Waals surface area contributed by atoms with Gasteiger partial charge in [-0.05, 0) is 83.5 Å². The van der Waals surface area contributed by atoms with Crippen molar-refractivity contribution in [2.24, 2.45) is 0 Å². The van der Waals surface area contributed by atoms with E-state index < -0.39 is 75.7 Å². The van der Waals surface area contributed by atoms with Crippen molar-refractivity contribution in [3.63, 3.8) is 0 Å². The van der Waals surface area contributed by atoms with Crippen LogP contribution in [0.1, 0.15) is 155 Å². The average molecular weight is 883 g/mol. The predicted octanol–water partition coefficient (Wildman–Crippen LogP) is 8.72. The van der Waals surface area contributed by atoms with Gasteiger partial charge in [0.05, 0.1) is 6.61 Å². The van der Waals surface area contributed by atoms with E-state index in [1.54, 1.807) is 0 Å². The first-order chi connectivity index (χ1) is 29.4. The summed E-state index contributed by atoms with van der Waals surface area (Å²) in [5.74, 6) is -1.16. The molecule has 0 aliphatic heterocycles. The molecule has 0 radical (unpaired) electrons. The molecule has 1 rings (SSSR count). The largest absolute Gasteiger partial charge is 0.472 e. The van der Waals surface area contributed by atoms with Crippen LogP contribution < -0.4 is 0 Å². The Morgan fingerprint density at radius 1 is 0.525 bits per heavy atom. The Morgan fingerprint density at radius 2 is 0.934 bits per heavy atom. The van der Waals surface area contributed by atoms with Crippen molar-refractivity contribution in [3.8, 4) is 0 Å². The van der Waals surface area contributed by atoms with Gasteiger partial charge in [0.15, 0.2) is 6.10 Å². The quantitative estimate of drug-likeness (QED) is 0.0151. The Labute approximate surface area is 365 Å². The number of hydrogen-bond donors (Lipinski definition) is 6. The van der Waals surface area contributed by atoms with Gasteiger partial charge in [-0.3, -0.25) is 18.6 Å². The van der Waals surface area contributed by atoms with Crippen LogP contribution in [-0.2, 0) is 32.7 Å². The highest BCUT2D eigenvalue weighted by Gasteiger charge is 2.51. The number of unbranched alkanes of at least 4 members (excludes halogenated alkanes) is 12. The summed E-state index contributed by atoms with van der Waals surface area (Å²) in [5, 5.41) is 50.1. The zero-order valence-corrected chi connectivity index (χ0v) is 37.8. The minimum atomic E-state index is -5.13. The van der Waals surface area contributed by atoms with Crippen molar-refractivity contribution in [1.29, 1.82) is 0 Å². The maximum atomic E-state index is 12.8. The predicted molar refractivity (Wildman–Crippen MR) is 239 cm³/mol. The molecule has 350 valence electrons. The highest BCUT2D eigenvalue weighted by Crippen LogP contribution is 2.47. The number of phosphoric acid groups is 1. The van der Waals surface area contributed by atoms with Gasteiger partial charge in [0.2, 0.25) is 0 Å². The number of esters is 2. The Hall–Kier alpha value is -2.71. The van der Waals surface area contributed by atoms with E-state index in [2.05, 4.69) is 80.7 Å². The SMILES string of the molecule is CC/C=C\C/C=C\C/C=C\C/C=C\CCCCC(=O)O[C@H](COC(=O)CCCCCCCCC/C=C\C/C=C\CCCCC)COP(=O)(O)OC1C(O)C(O)C(O)[C@@H](O)C1O.